The van der Waals surface area contributed by atoms with E-state index in [1.165, 1.54) is 13.0 Å². The Morgan fingerprint density at radius 3 is 2.77 bits per heavy atom. The number of carbonyl (C=O) groups is 1. The van der Waals surface area contributed by atoms with Gasteiger partial charge in [-0.2, -0.15) is 0 Å². The first-order valence-corrected chi connectivity index (χ1v) is 7.31. The normalized spacial score (nSPS) is 15.9. The molecule has 0 radical (unpaired) electrons. The molecule has 2 heterocycles. The molecule has 5 nitrogen and oxygen atoms in total. The van der Waals surface area contributed by atoms with Crippen molar-refractivity contribution in [3.8, 4) is 0 Å². The molecule has 0 atom stereocenters. The molecular formula is C16H17FN2O3. The average Bonchev–Trinajstić information content (AvgIpc) is 2.50. The van der Waals surface area contributed by atoms with Gasteiger partial charge >= 0.3 is 5.97 Å². The van der Waals surface area contributed by atoms with Crippen LogP contribution in [0.25, 0.3) is 10.9 Å². The lowest BCUT2D eigenvalue weighted by atomic mass is 9.90. The Morgan fingerprint density at radius 2 is 2.09 bits per heavy atom. The maximum atomic E-state index is 14.1. The molecule has 0 unspecified atom stereocenters. The van der Waals surface area contributed by atoms with Gasteiger partial charge in [0.25, 0.3) is 5.56 Å². The zero-order valence-electron chi connectivity index (χ0n) is 12.3. The molecule has 0 aliphatic carbocycles. The quantitative estimate of drug-likeness (QED) is 0.915. The molecule has 2 aromatic rings. The summed E-state index contributed by atoms with van der Waals surface area (Å²) in [5.74, 6) is -1.16. The number of para-hydroxylation sites is 1. The highest BCUT2D eigenvalue weighted by Crippen LogP contribution is 2.26. The molecule has 0 amide bonds. The van der Waals surface area contributed by atoms with E-state index >= 15 is 0 Å². The number of pyridine rings is 1. The maximum absolute atomic E-state index is 14.1. The van der Waals surface area contributed by atoms with Gasteiger partial charge in [-0.25, -0.2) is 9.18 Å². The van der Waals surface area contributed by atoms with E-state index in [4.69, 9.17) is 4.84 Å². The standard InChI is InChI=1S/C16H17FN2O3/c1-10(20)22-19-15-12(3-2-4-14(15)17)9-13(16(19)21)11-5-7-18-8-6-11/h2-4,9,11,18H,5-8H2,1H3. The lowest BCUT2D eigenvalue weighted by molar-refractivity contribution is -0.141. The van der Waals surface area contributed by atoms with Gasteiger partial charge in [-0.1, -0.05) is 12.1 Å². The van der Waals surface area contributed by atoms with Crippen LogP contribution >= 0.6 is 0 Å². The van der Waals surface area contributed by atoms with Gasteiger partial charge in [-0.05, 0) is 44.0 Å². The summed E-state index contributed by atoms with van der Waals surface area (Å²) >= 11 is 0. The van der Waals surface area contributed by atoms with Crippen LogP contribution in [0.1, 0.15) is 31.2 Å². The van der Waals surface area contributed by atoms with Crippen LogP contribution < -0.4 is 15.7 Å². The minimum atomic E-state index is -0.658. The third kappa shape index (κ3) is 2.62. The fraction of sp³-hybridized carbons (Fsp3) is 0.375. The fourth-order valence-electron chi connectivity index (χ4n) is 2.95. The van der Waals surface area contributed by atoms with E-state index in [2.05, 4.69) is 5.32 Å². The first kappa shape index (κ1) is 14.7. The number of nitrogens with one attached hydrogen (secondary N) is 1. The van der Waals surface area contributed by atoms with Crippen LogP contribution in [0.3, 0.4) is 0 Å². The summed E-state index contributed by atoms with van der Waals surface area (Å²) in [6, 6.07) is 6.25. The molecule has 22 heavy (non-hydrogen) atoms. The van der Waals surface area contributed by atoms with Crippen LogP contribution in [0, 0.1) is 5.82 Å². The van der Waals surface area contributed by atoms with Crippen LogP contribution in [0.2, 0.25) is 0 Å². The third-order valence-corrected chi connectivity index (χ3v) is 3.96. The van der Waals surface area contributed by atoms with Gasteiger partial charge in [-0.3, -0.25) is 4.79 Å². The number of hydrogen-bond acceptors (Lipinski definition) is 4. The van der Waals surface area contributed by atoms with Gasteiger partial charge in [-0.15, -0.1) is 4.73 Å². The maximum Gasteiger partial charge on any atom is 0.330 e. The second-order valence-electron chi connectivity index (χ2n) is 5.48. The third-order valence-electron chi connectivity index (χ3n) is 3.96. The van der Waals surface area contributed by atoms with E-state index in [9.17, 15) is 14.0 Å². The summed E-state index contributed by atoms with van der Waals surface area (Å²) in [7, 11) is 0. The Balaban J connectivity index is 2.24. The smallest absolute Gasteiger partial charge is 0.330 e. The Morgan fingerprint density at radius 1 is 1.36 bits per heavy atom. The van der Waals surface area contributed by atoms with Crippen molar-refractivity contribution >= 4 is 16.9 Å². The van der Waals surface area contributed by atoms with Crippen molar-refractivity contribution in [1.82, 2.24) is 10.0 Å². The van der Waals surface area contributed by atoms with E-state index in [0.29, 0.717) is 10.9 Å². The van der Waals surface area contributed by atoms with Crippen molar-refractivity contribution in [1.29, 1.82) is 0 Å². The number of piperidine rings is 1. The molecule has 6 heteroatoms. The molecule has 1 saturated heterocycles. The Bertz CT molecular complexity index is 779. The highest BCUT2D eigenvalue weighted by atomic mass is 19.1. The summed E-state index contributed by atoms with van der Waals surface area (Å²) in [4.78, 5) is 28.9. The van der Waals surface area contributed by atoms with Gasteiger partial charge < -0.3 is 10.2 Å². The molecule has 0 spiro atoms. The van der Waals surface area contributed by atoms with Crippen molar-refractivity contribution in [3.05, 3.63) is 46.0 Å². The Kier molecular flexibility index (Phi) is 3.94. The first-order chi connectivity index (χ1) is 10.6. The largest absolute Gasteiger partial charge is 0.333 e. The molecule has 3 rings (SSSR count). The van der Waals surface area contributed by atoms with E-state index in [1.807, 2.05) is 0 Å². The summed E-state index contributed by atoms with van der Waals surface area (Å²) in [5, 5.41) is 3.79. The topological polar surface area (TPSA) is 60.3 Å². The van der Waals surface area contributed by atoms with Crippen LogP contribution in [-0.2, 0) is 4.79 Å². The molecule has 1 fully saturated rings. The lowest BCUT2D eigenvalue weighted by Gasteiger charge is -2.23. The number of nitrogens with zero attached hydrogens (tertiary/aromatic N) is 1. The summed E-state index contributed by atoms with van der Waals surface area (Å²) < 4.78 is 14.9. The van der Waals surface area contributed by atoms with E-state index in [-0.39, 0.29) is 11.4 Å². The molecule has 0 saturated carbocycles. The average molecular weight is 304 g/mol. The molecule has 0 bridgehead atoms. The van der Waals surface area contributed by atoms with E-state index in [0.717, 1.165) is 30.7 Å². The van der Waals surface area contributed by atoms with Gasteiger partial charge in [0.1, 0.15) is 5.52 Å². The number of carbonyl (C=O) groups excluding carboxylic acids is 1. The summed E-state index contributed by atoms with van der Waals surface area (Å²) in [5.41, 5.74) is 0.112. The van der Waals surface area contributed by atoms with Crippen LogP contribution in [0.5, 0.6) is 0 Å². The number of aromatic nitrogens is 1. The van der Waals surface area contributed by atoms with E-state index in [1.54, 1.807) is 18.2 Å². The van der Waals surface area contributed by atoms with Gasteiger partial charge in [0.05, 0.1) is 0 Å². The lowest BCUT2D eigenvalue weighted by Crippen LogP contribution is -2.35. The molecule has 1 aliphatic rings. The Hall–Kier alpha value is -2.21. The number of fused-ring (bicyclic) bond motifs is 1. The predicted octanol–water partition coefficient (Wildman–Crippen LogP) is 1.58. The fourth-order valence-corrected chi connectivity index (χ4v) is 2.95. The molecular weight excluding hydrogens is 287 g/mol. The highest BCUT2D eigenvalue weighted by molar-refractivity contribution is 5.81. The van der Waals surface area contributed by atoms with Crippen molar-refractivity contribution < 1.29 is 14.0 Å². The number of benzene rings is 1. The van der Waals surface area contributed by atoms with Crippen molar-refractivity contribution in [2.75, 3.05) is 13.1 Å². The van der Waals surface area contributed by atoms with Crippen LogP contribution in [0.4, 0.5) is 4.39 Å². The van der Waals surface area contributed by atoms with Gasteiger partial charge in [0.15, 0.2) is 5.82 Å². The van der Waals surface area contributed by atoms with Gasteiger partial charge in [0.2, 0.25) is 0 Å². The van der Waals surface area contributed by atoms with Crippen molar-refractivity contribution in [3.63, 3.8) is 0 Å². The van der Waals surface area contributed by atoms with E-state index < -0.39 is 17.3 Å². The predicted molar refractivity (Wildman–Crippen MR) is 80.3 cm³/mol. The van der Waals surface area contributed by atoms with Crippen molar-refractivity contribution in [2.24, 2.45) is 0 Å². The molecule has 116 valence electrons. The molecule has 1 aromatic carbocycles. The van der Waals surface area contributed by atoms with Gasteiger partial charge in [0, 0.05) is 17.9 Å². The number of hydrogen-bond donors (Lipinski definition) is 1. The molecule has 1 aliphatic heterocycles. The first-order valence-electron chi connectivity index (χ1n) is 7.31. The zero-order valence-corrected chi connectivity index (χ0v) is 12.3. The summed E-state index contributed by atoms with van der Waals surface area (Å²) in [6.07, 6.45) is 1.66. The molecule has 1 N–H and O–H groups in total. The number of rotatable bonds is 2. The highest BCUT2D eigenvalue weighted by Gasteiger charge is 2.22. The second kappa shape index (κ2) is 5.88. The zero-order chi connectivity index (χ0) is 15.7. The SMILES string of the molecule is CC(=O)On1c(=O)c(C2CCNCC2)cc2cccc(F)c21. The number of halogens is 1. The Labute approximate surface area is 126 Å². The van der Waals surface area contributed by atoms with Crippen LogP contribution in [-0.4, -0.2) is 23.8 Å². The van der Waals surface area contributed by atoms with Crippen LogP contribution in [0.15, 0.2) is 29.1 Å². The second-order valence-corrected chi connectivity index (χ2v) is 5.48. The van der Waals surface area contributed by atoms with Crippen molar-refractivity contribution in [2.45, 2.75) is 25.7 Å². The minimum Gasteiger partial charge on any atom is -0.333 e. The molecule has 1 aromatic heterocycles. The summed E-state index contributed by atoms with van der Waals surface area (Å²) in [6.45, 7) is 2.86. The minimum absolute atomic E-state index is 0.000356. The monoisotopic (exact) mass is 304 g/mol.